The number of hydrogen-bond acceptors (Lipinski definition) is 3. The van der Waals surface area contributed by atoms with Crippen LogP contribution in [0, 0.1) is 22.2 Å². The molecule has 0 bridgehead atoms. The fourth-order valence-electron chi connectivity index (χ4n) is 3.13. The summed E-state index contributed by atoms with van der Waals surface area (Å²) in [5.74, 6) is 0.425. The fraction of sp³-hybridized carbons (Fsp3) is 0.389. The van der Waals surface area contributed by atoms with Gasteiger partial charge in [0.1, 0.15) is 0 Å². The Morgan fingerprint density at radius 2 is 1.96 bits per heavy atom. The zero-order chi connectivity index (χ0) is 18.4. The Morgan fingerprint density at radius 3 is 2.52 bits per heavy atom. The van der Waals surface area contributed by atoms with Gasteiger partial charge in [-0.15, -0.1) is 5.10 Å². The van der Waals surface area contributed by atoms with E-state index in [0.29, 0.717) is 22.1 Å². The summed E-state index contributed by atoms with van der Waals surface area (Å²) in [6.45, 7) is 8.55. The standard InChI is InChI=1S/C18H20ClN5O/c1-17(2)15(18(17,3)4)22-16(25)21-14-7-8-24(23-14)13-6-5-11(10-20)9-12(13)19/h5-9,15H,1-4H3,(H2,21,22,23,25). The van der Waals surface area contributed by atoms with Crippen molar-refractivity contribution in [2.75, 3.05) is 5.32 Å². The molecule has 0 atom stereocenters. The maximum Gasteiger partial charge on any atom is 0.320 e. The van der Waals surface area contributed by atoms with Crippen LogP contribution in [0.3, 0.4) is 0 Å². The second-order valence-electron chi connectivity index (χ2n) is 7.40. The van der Waals surface area contributed by atoms with Crippen LogP contribution < -0.4 is 10.6 Å². The zero-order valence-electron chi connectivity index (χ0n) is 14.6. The van der Waals surface area contributed by atoms with Crippen molar-refractivity contribution in [3.05, 3.63) is 41.0 Å². The maximum atomic E-state index is 12.2. The number of carbonyl (C=O) groups excluding carboxylic acids is 1. The molecule has 1 aliphatic carbocycles. The van der Waals surface area contributed by atoms with Crippen LogP contribution >= 0.6 is 11.6 Å². The lowest BCUT2D eigenvalue weighted by atomic mass is 10.0. The lowest BCUT2D eigenvalue weighted by Gasteiger charge is -2.07. The van der Waals surface area contributed by atoms with Crippen LogP contribution in [0.4, 0.5) is 10.6 Å². The molecule has 0 unspecified atom stereocenters. The van der Waals surface area contributed by atoms with Crippen LogP contribution in [0.2, 0.25) is 5.02 Å². The highest BCUT2D eigenvalue weighted by atomic mass is 35.5. The third kappa shape index (κ3) is 2.96. The molecule has 1 saturated carbocycles. The monoisotopic (exact) mass is 357 g/mol. The number of nitrogens with one attached hydrogen (secondary N) is 2. The molecule has 0 aliphatic heterocycles. The molecular weight excluding hydrogens is 338 g/mol. The summed E-state index contributed by atoms with van der Waals surface area (Å²) in [7, 11) is 0. The number of aromatic nitrogens is 2. The number of urea groups is 1. The number of anilines is 1. The third-order valence-electron chi connectivity index (χ3n) is 5.45. The van der Waals surface area contributed by atoms with Crippen molar-refractivity contribution in [2.24, 2.45) is 10.8 Å². The zero-order valence-corrected chi connectivity index (χ0v) is 15.3. The van der Waals surface area contributed by atoms with Gasteiger partial charge in [0.15, 0.2) is 5.82 Å². The van der Waals surface area contributed by atoms with Crippen LogP contribution in [-0.4, -0.2) is 21.9 Å². The molecule has 0 spiro atoms. The Kier molecular flexibility index (Phi) is 4.00. The summed E-state index contributed by atoms with van der Waals surface area (Å²) >= 11 is 6.19. The van der Waals surface area contributed by atoms with Crippen molar-refractivity contribution >= 4 is 23.4 Å². The normalized spacial score (nSPS) is 17.6. The molecule has 2 aromatic rings. The van der Waals surface area contributed by atoms with E-state index in [9.17, 15) is 4.79 Å². The molecule has 2 N–H and O–H groups in total. The first-order valence-corrected chi connectivity index (χ1v) is 8.38. The Morgan fingerprint density at radius 1 is 1.28 bits per heavy atom. The van der Waals surface area contributed by atoms with Gasteiger partial charge in [-0.2, -0.15) is 5.26 Å². The largest absolute Gasteiger partial charge is 0.334 e. The van der Waals surface area contributed by atoms with E-state index in [4.69, 9.17) is 16.9 Å². The van der Waals surface area contributed by atoms with E-state index >= 15 is 0 Å². The SMILES string of the molecule is CC1(C)C(NC(=O)Nc2ccn(-c3ccc(C#N)cc3Cl)n2)C1(C)C. The first-order chi connectivity index (χ1) is 11.7. The van der Waals surface area contributed by atoms with Gasteiger partial charge in [0.2, 0.25) is 0 Å². The Balaban J connectivity index is 1.69. The highest BCUT2D eigenvalue weighted by Crippen LogP contribution is 2.62. The van der Waals surface area contributed by atoms with E-state index < -0.39 is 0 Å². The van der Waals surface area contributed by atoms with E-state index in [1.807, 2.05) is 6.07 Å². The number of benzene rings is 1. The molecule has 1 aromatic heterocycles. The van der Waals surface area contributed by atoms with Crippen molar-refractivity contribution in [3.63, 3.8) is 0 Å². The summed E-state index contributed by atoms with van der Waals surface area (Å²) in [5, 5.41) is 19.4. The molecule has 0 saturated heterocycles. The van der Waals surface area contributed by atoms with Gasteiger partial charge in [-0.1, -0.05) is 39.3 Å². The van der Waals surface area contributed by atoms with Crippen molar-refractivity contribution in [1.82, 2.24) is 15.1 Å². The van der Waals surface area contributed by atoms with Crippen molar-refractivity contribution in [3.8, 4) is 11.8 Å². The predicted molar refractivity (Wildman–Crippen MR) is 96.8 cm³/mol. The van der Waals surface area contributed by atoms with Crippen LogP contribution in [0.1, 0.15) is 33.3 Å². The Labute approximate surface area is 151 Å². The molecule has 130 valence electrons. The van der Waals surface area contributed by atoms with E-state index in [1.54, 1.807) is 35.1 Å². The minimum atomic E-state index is -0.278. The molecule has 1 aliphatic rings. The second kappa shape index (κ2) is 5.78. The first-order valence-electron chi connectivity index (χ1n) is 8.00. The number of nitriles is 1. The molecule has 7 heteroatoms. The highest BCUT2D eigenvalue weighted by Gasteiger charge is 2.65. The average molecular weight is 358 g/mol. The van der Waals surface area contributed by atoms with Gasteiger partial charge in [0.05, 0.1) is 22.3 Å². The number of amides is 2. The van der Waals surface area contributed by atoms with E-state index in [0.717, 1.165) is 0 Å². The molecule has 1 fully saturated rings. The lowest BCUT2D eigenvalue weighted by Crippen LogP contribution is -2.34. The maximum absolute atomic E-state index is 12.2. The molecule has 3 rings (SSSR count). The van der Waals surface area contributed by atoms with Gasteiger partial charge >= 0.3 is 6.03 Å². The van der Waals surface area contributed by atoms with E-state index in [1.165, 1.54) is 0 Å². The highest BCUT2D eigenvalue weighted by molar-refractivity contribution is 6.32. The van der Waals surface area contributed by atoms with Crippen LogP contribution in [0.25, 0.3) is 5.69 Å². The molecule has 1 heterocycles. The Hall–Kier alpha value is -2.52. The molecule has 2 amide bonds. The van der Waals surface area contributed by atoms with E-state index in [2.05, 4.69) is 43.4 Å². The van der Waals surface area contributed by atoms with Crippen molar-refractivity contribution in [1.29, 1.82) is 5.26 Å². The van der Waals surface area contributed by atoms with Gasteiger partial charge < -0.3 is 5.32 Å². The minimum Gasteiger partial charge on any atom is -0.334 e. The van der Waals surface area contributed by atoms with Gasteiger partial charge in [0.25, 0.3) is 0 Å². The van der Waals surface area contributed by atoms with Crippen molar-refractivity contribution < 1.29 is 4.79 Å². The summed E-state index contributed by atoms with van der Waals surface area (Å²) in [5.41, 5.74) is 1.26. The van der Waals surface area contributed by atoms with Gasteiger partial charge in [-0.3, -0.25) is 5.32 Å². The number of nitrogens with zero attached hydrogens (tertiary/aromatic N) is 3. The molecule has 6 nitrogen and oxygen atoms in total. The average Bonchev–Trinajstić information content (AvgIpc) is 2.87. The number of hydrogen-bond donors (Lipinski definition) is 2. The van der Waals surface area contributed by atoms with Crippen LogP contribution in [0.15, 0.2) is 30.5 Å². The quantitative estimate of drug-likeness (QED) is 0.872. The van der Waals surface area contributed by atoms with Gasteiger partial charge in [0, 0.05) is 18.3 Å². The smallest absolute Gasteiger partial charge is 0.320 e. The summed E-state index contributed by atoms with van der Waals surface area (Å²) in [6.07, 6.45) is 1.70. The molecule has 0 radical (unpaired) electrons. The predicted octanol–water partition coefficient (Wildman–Crippen LogP) is 3.95. The molecule has 25 heavy (non-hydrogen) atoms. The van der Waals surface area contributed by atoms with Gasteiger partial charge in [-0.05, 0) is 29.0 Å². The summed E-state index contributed by atoms with van der Waals surface area (Å²) < 4.78 is 1.56. The van der Waals surface area contributed by atoms with E-state index in [-0.39, 0.29) is 22.9 Å². The summed E-state index contributed by atoms with van der Waals surface area (Å²) in [4.78, 5) is 12.2. The third-order valence-corrected chi connectivity index (χ3v) is 5.75. The van der Waals surface area contributed by atoms with Crippen LogP contribution in [-0.2, 0) is 0 Å². The van der Waals surface area contributed by atoms with Crippen molar-refractivity contribution in [2.45, 2.75) is 33.7 Å². The topological polar surface area (TPSA) is 82.7 Å². The lowest BCUT2D eigenvalue weighted by molar-refractivity contribution is 0.250. The van der Waals surface area contributed by atoms with Crippen LogP contribution in [0.5, 0.6) is 0 Å². The number of halogens is 1. The Bertz CT molecular complexity index is 864. The van der Waals surface area contributed by atoms with Gasteiger partial charge in [-0.25, -0.2) is 9.48 Å². The minimum absolute atomic E-state index is 0.0692. The molecular formula is C18H20ClN5O. The number of carbonyl (C=O) groups is 1. The summed E-state index contributed by atoms with van der Waals surface area (Å²) in [6, 6.07) is 8.53. The second-order valence-corrected chi connectivity index (χ2v) is 7.81. The molecule has 1 aromatic carbocycles. The number of rotatable bonds is 3. The first kappa shape index (κ1) is 17.3. The fourth-order valence-corrected chi connectivity index (χ4v) is 3.39.